The molecule has 28 heavy (non-hydrogen) atoms. The highest BCUT2D eigenvalue weighted by Crippen LogP contribution is 2.63. The maximum absolute atomic E-state index is 11.9. The lowest BCUT2D eigenvalue weighted by atomic mass is 9.53. The van der Waals surface area contributed by atoms with E-state index in [9.17, 15) is 4.79 Å². The third kappa shape index (κ3) is 3.12. The van der Waals surface area contributed by atoms with Gasteiger partial charge in [-0.3, -0.25) is 4.79 Å². The highest BCUT2D eigenvalue weighted by Gasteiger charge is 2.58. The van der Waals surface area contributed by atoms with Crippen LogP contribution >= 0.6 is 0 Å². The molecule has 156 valence electrons. The molecule has 0 radical (unpaired) electrons. The SMILES string of the molecule is CC[C@]12CC[C@H]3[C@@H](C=CC4=CC(=O)CC[C@@H]43)[C@@H]1CC[C@@H]2O[Si](C)(C)C(C)(C)C. The van der Waals surface area contributed by atoms with Crippen molar-refractivity contribution in [2.45, 2.75) is 96.9 Å². The molecule has 0 aromatic heterocycles. The zero-order valence-corrected chi connectivity index (χ0v) is 19.9. The van der Waals surface area contributed by atoms with E-state index in [1.807, 2.05) is 6.08 Å². The van der Waals surface area contributed by atoms with Crippen molar-refractivity contribution in [3.63, 3.8) is 0 Å². The molecule has 0 heterocycles. The van der Waals surface area contributed by atoms with Crippen LogP contribution in [-0.4, -0.2) is 20.2 Å². The maximum atomic E-state index is 11.9. The van der Waals surface area contributed by atoms with Gasteiger partial charge in [-0.25, -0.2) is 0 Å². The molecule has 0 aliphatic heterocycles. The normalized spacial score (nSPS) is 40.6. The van der Waals surface area contributed by atoms with Crippen molar-refractivity contribution in [1.29, 1.82) is 0 Å². The minimum absolute atomic E-state index is 0.274. The van der Waals surface area contributed by atoms with Crippen LogP contribution in [0.5, 0.6) is 0 Å². The molecule has 2 saturated carbocycles. The number of hydrogen-bond acceptors (Lipinski definition) is 2. The first-order valence-electron chi connectivity index (χ1n) is 11.7. The predicted octanol–water partition coefficient (Wildman–Crippen LogP) is 6.68. The van der Waals surface area contributed by atoms with Crippen molar-refractivity contribution in [1.82, 2.24) is 0 Å². The van der Waals surface area contributed by atoms with Crippen LogP contribution in [-0.2, 0) is 9.22 Å². The van der Waals surface area contributed by atoms with Crippen LogP contribution in [0.2, 0.25) is 18.1 Å². The van der Waals surface area contributed by atoms with Crippen LogP contribution in [0.25, 0.3) is 0 Å². The van der Waals surface area contributed by atoms with Crippen molar-refractivity contribution >= 4 is 14.1 Å². The van der Waals surface area contributed by atoms with Gasteiger partial charge in [-0.2, -0.15) is 0 Å². The molecule has 0 amide bonds. The maximum Gasteiger partial charge on any atom is 0.192 e. The van der Waals surface area contributed by atoms with Crippen molar-refractivity contribution < 1.29 is 9.22 Å². The molecule has 6 atom stereocenters. The van der Waals surface area contributed by atoms with Gasteiger partial charge in [0, 0.05) is 6.42 Å². The number of carbonyl (C=O) groups is 1. The van der Waals surface area contributed by atoms with Gasteiger partial charge >= 0.3 is 0 Å². The molecule has 2 fully saturated rings. The van der Waals surface area contributed by atoms with Gasteiger partial charge in [0.25, 0.3) is 0 Å². The summed E-state index contributed by atoms with van der Waals surface area (Å²) in [6.07, 6.45) is 15.5. The van der Waals surface area contributed by atoms with E-state index in [1.165, 1.54) is 37.7 Å². The molecule has 4 aliphatic carbocycles. The van der Waals surface area contributed by atoms with Crippen LogP contribution < -0.4 is 0 Å². The molecule has 0 spiro atoms. The summed E-state index contributed by atoms with van der Waals surface area (Å²) in [5.74, 6) is 3.17. The summed E-state index contributed by atoms with van der Waals surface area (Å²) in [4.78, 5) is 11.9. The van der Waals surface area contributed by atoms with Gasteiger partial charge in [0.15, 0.2) is 14.1 Å². The van der Waals surface area contributed by atoms with Gasteiger partial charge in [-0.1, -0.05) is 39.8 Å². The van der Waals surface area contributed by atoms with E-state index in [4.69, 9.17) is 4.43 Å². The lowest BCUT2D eigenvalue weighted by Gasteiger charge is -2.54. The molecular weight excluding hydrogens is 360 g/mol. The Morgan fingerprint density at radius 3 is 2.61 bits per heavy atom. The molecule has 4 rings (SSSR count). The Hall–Kier alpha value is -0.673. The number of hydrogen-bond donors (Lipinski definition) is 0. The minimum Gasteiger partial charge on any atom is -0.413 e. The molecule has 0 unspecified atom stereocenters. The van der Waals surface area contributed by atoms with Gasteiger partial charge < -0.3 is 4.43 Å². The monoisotopic (exact) mass is 400 g/mol. The average molecular weight is 401 g/mol. The fourth-order valence-electron chi connectivity index (χ4n) is 6.80. The molecule has 0 N–H and O–H groups in total. The number of fused-ring (bicyclic) bond motifs is 5. The number of rotatable bonds is 3. The summed E-state index contributed by atoms with van der Waals surface area (Å²) in [6.45, 7) is 14.4. The molecule has 0 bridgehead atoms. The first kappa shape index (κ1) is 20.6. The highest BCUT2D eigenvalue weighted by atomic mass is 28.4. The summed E-state index contributed by atoms with van der Waals surface area (Å²) >= 11 is 0. The molecule has 2 nitrogen and oxygen atoms in total. The lowest BCUT2D eigenvalue weighted by molar-refractivity contribution is -0.115. The average Bonchev–Trinajstić information content (AvgIpc) is 2.98. The fourth-order valence-corrected chi connectivity index (χ4v) is 8.22. The first-order chi connectivity index (χ1) is 13.1. The van der Waals surface area contributed by atoms with Gasteiger partial charge in [0.2, 0.25) is 0 Å². The van der Waals surface area contributed by atoms with Crippen molar-refractivity contribution in [2.75, 3.05) is 0 Å². The Bertz CT molecular complexity index is 698. The highest BCUT2D eigenvalue weighted by molar-refractivity contribution is 6.74. The van der Waals surface area contributed by atoms with Gasteiger partial charge in [-0.15, -0.1) is 0 Å². The predicted molar refractivity (Wildman–Crippen MR) is 119 cm³/mol. The molecule has 0 aromatic carbocycles. The summed E-state index contributed by atoms with van der Waals surface area (Å²) < 4.78 is 7.09. The van der Waals surface area contributed by atoms with E-state index in [2.05, 4.69) is 52.9 Å². The number of allylic oxidation sites excluding steroid dienone is 4. The van der Waals surface area contributed by atoms with Crippen molar-refractivity contribution in [3.05, 3.63) is 23.8 Å². The van der Waals surface area contributed by atoms with Crippen LogP contribution in [0.1, 0.15) is 72.6 Å². The zero-order chi connectivity index (χ0) is 20.3. The molecular formula is C25H40O2Si. The second-order valence-corrected chi connectivity index (χ2v) is 16.3. The second kappa shape index (κ2) is 6.94. The molecule has 0 aromatic rings. The molecule has 0 saturated heterocycles. The van der Waals surface area contributed by atoms with Crippen LogP contribution in [0.4, 0.5) is 0 Å². The van der Waals surface area contributed by atoms with E-state index < -0.39 is 8.32 Å². The van der Waals surface area contributed by atoms with Crippen LogP contribution in [0.3, 0.4) is 0 Å². The smallest absolute Gasteiger partial charge is 0.192 e. The van der Waals surface area contributed by atoms with E-state index in [-0.39, 0.29) is 5.04 Å². The zero-order valence-electron chi connectivity index (χ0n) is 18.9. The van der Waals surface area contributed by atoms with E-state index in [1.54, 1.807) is 0 Å². The van der Waals surface area contributed by atoms with E-state index in [0.717, 1.165) is 24.7 Å². The largest absolute Gasteiger partial charge is 0.413 e. The Kier molecular flexibility index (Phi) is 5.10. The Morgan fingerprint density at radius 1 is 1.18 bits per heavy atom. The summed E-state index contributed by atoms with van der Waals surface area (Å²) in [7, 11) is -1.75. The van der Waals surface area contributed by atoms with Crippen molar-refractivity contribution in [3.8, 4) is 0 Å². The number of carbonyl (C=O) groups excluding carboxylic acids is 1. The topological polar surface area (TPSA) is 26.3 Å². The summed E-state index contributed by atoms with van der Waals surface area (Å²) in [6, 6.07) is 0. The van der Waals surface area contributed by atoms with Gasteiger partial charge in [0.1, 0.15) is 0 Å². The van der Waals surface area contributed by atoms with E-state index in [0.29, 0.717) is 29.1 Å². The Balaban J connectivity index is 1.61. The van der Waals surface area contributed by atoms with E-state index >= 15 is 0 Å². The minimum atomic E-state index is -1.75. The molecule has 3 heteroatoms. The van der Waals surface area contributed by atoms with Crippen LogP contribution in [0.15, 0.2) is 23.8 Å². The summed E-state index contributed by atoms with van der Waals surface area (Å²) in [5.41, 5.74) is 1.70. The second-order valence-electron chi connectivity index (χ2n) is 11.5. The van der Waals surface area contributed by atoms with Gasteiger partial charge in [0.05, 0.1) is 6.10 Å². The van der Waals surface area contributed by atoms with Crippen LogP contribution in [0, 0.1) is 29.1 Å². The van der Waals surface area contributed by atoms with Gasteiger partial charge in [-0.05, 0) is 97.4 Å². The third-order valence-corrected chi connectivity index (χ3v) is 13.9. The number of ketones is 1. The Labute approximate surface area is 173 Å². The molecule has 4 aliphatic rings. The standard InChI is InChI=1S/C25H40O2Si/c1-7-25-15-14-20-19-11-9-18(26)16-17(19)8-10-21(20)22(25)12-13-23(25)27-28(5,6)24(2,3)4/h8,10,16,19-23H,7,9,11-15H2,1-6H3/t19-,20+,21+,22-,23-,25-/m0/s1. The quantitative estimate of drug-likeness (QED) is 0.494. The third-order valence-electron chi connectivity index (χ3n) is 9.41. The first-order valence-corrected chi connectivity index (χ1v) is 14.6. The fraction of sp³-hybridized carbons (Fsp3) is 0.800. The Morgan fingerprint density at radius 2 is 1.93 bits per heavy atom. The lowest BCUT2D eigenvalue weighted by Crippen LogP contribution is -2.52. The summed E-state index contributed by atoms with van der Waals surface area (Å²) in [5, 5.41) is 0.274. The van der Waals surface area contributed by atoms with Crippen molar-refractivity contribution in [2.24, 2.45) is 29.1 Å².